The monoisotopic (exact) mass is 432 g/mol. The summed E-state index contributed by atoms with van der Waals surface area (Å²) in [4.78, 5) is 15.1. The molecule has 0 aliphatic carbocycles. The second-order valence-corrected chi connectivity index (χ2v) is 8.41. The van der Waals surface area contributed by atoms with Gasteiger partial charge in [0.1, 0.15) is 11.6 Å². The van der Waals surface area contributed by atoms with E-state index in [1.54, 1.807) is 12.1 Å². The molecule has 0 atom stereocenters. The molecule has 0 saturated carbocycles. The van der Waals surface area contributed by atoms with Crippen LogP contribution in [0.3, 0.4) is 0 Å². The van der Waals surface area contributed by atoms with Crippen molar-refractivity contribution in [3.8, 4) is 5.75 Å². The highest BCUT2D eigenvalue weighted by molar-refractivity contribution is 5.95. The summed E-state index contributed by atoms with van der Waals surface area (Å²) in [6, 6.07) is 20.2. The number of aromatic hydroxyl groups is 1. The van der Waals surface area contributed by atoms with Gasteiger partial charge in [-0.15, -0.1) is 0 Å². The second-order valence-electron chi connectivity index (χ2n) is 8.41. The van der Waals surface area contributed by atoms with E-state index < -0.39 is 5.82 Å². The standard InChI is InChI=1S/C27H29FN2O2/c28-24-11-9-23(19-30-15-13-21-16-25(31)12-10-22(21)18-30)26(17-24)27(32)29-14-5-4-8-20-6-2-1-3-7-20/h1-3,6-7,9-12,16-17,31H,4-5,8,13-15,18-19H2,(H,29,32). The molecule has 3 aromatic carbocycles. The average Bonchev–Trinajstić information content (AvgIpc) is 2.80. The number of halogens is 1. The Morgan fingerprint density at radius 1 is 1.00 bits per heavy atom. The zero-order valence-corrected chi connectivity index (χ0v) is 18.2. The van der Waals surface area contributed by atoms with Crippen LogP contribution in [0.1, 0.15) is 45.5 Å². The third kappa shape index (κ3) is 5.74. The molecule has 0 spiro atoms. The van der Waals surface area contributed by atoms with Gasteiger partial charge in [0.05, 0.1) is 0 Å². The molecule has 166 valence electrons. The van der Waals surface area contributed by atoms with Crippen LogP contribution in [-0.2, 0) is 25.9 Å². The predicted octanol–water partition coefficient (Wildman–Crippen LogP) is 4.84. The largest absolute Gasteiger partial charge is 0.508 e. The quantitative estimate of drug-likeness (QED) is 0.501. The van der Waals surface area contributed by atoms with E-state index in [1.807, 2.05) is 30.3 Å². The SMILES string of the molecule is O=C(NCCCCc1ccccc1)c1cc(F)ccc1CN1CCc2cc(O)ccc2C1. The molecule has 0 unspecified atom stereocenters. The van der Waals surface area contributed by atoms with Crippen molar-refractivity contribution in [3.63, 3.8) is 0 Å². The first-order valence-corrected chi connectivity index (χ1v) is 11.2. The van der Waals surface area contributed by atoms with Crippen molar-refractivity contribution in [1.29, 1.82) is 0 Å². The van der Waals surface area contributed by atoms with Crippen LogP contribution in [-0.4, -0.2) is 29.0 Å². The van der Waals surface area contributed by atoms with E-state index in [1.165, 1.54) is 23.3 Å². The zero-order chi connectivity index (χ0) is 22.3. The Kier molecular flexibility index (Phi) is 7.17. The van der Waals surface area contributed by atoms with Crippen molar-refractivity contribution >= 4 is 5.91 Å². The lowest BCUT2D eigenvalue weighted by atomic mass is 9.98. The minimum absolute atomic E-state index is 0.221. The molecule has 1 aliphatic rings. The summed E-state index contributed by atoms with van der Waals surface area (Å²) in [6.45, 7) is 2.72. The molecule has 3 aromatic rings. The van der Waals surface area contributed by atoms with E-state index in [2.05, 4.69) is 22.3 Å². The number of nitrogens with one attached hydrogen (secondary N) is 1. The number of hydrogen-bond acceptors (Lipinski definition) is 3. The maximum atomic E-state index is 13.9. The van der Waals surface area contributed by atoms with Crippen molar-refractivity contribution in [2.75, 3.05) is 13.1 Å². The van der Waals surface area contributed by atoms with Gasteiger partial charge in [0.15, 0.2) is 0 Å². The van der Waals surface area contributed by atoms with Gasteiger partial charge in [-0.2, -0.15) is 0 Å². The summed E-state index contributed by atoms with van der Waals surface area (Å²) in [5.41, 5.74) is 4.87. The number of hydrogen-bond donors (Lipinski definition) is 2. The minimum Gasteiger partial charge on any atom is -0.508 e. The molecule has 0 aromatic heterocycles. The molecule has 0 bridgehead atoms. The molecule has 2 N–H and O–H groups in total. The van der Waals surface area contributed by atoms with Gasteiger partial charge in [0.2, 0.25) is 0 Å². The number of carbonyl (C=O) groups excluding carboxylic acids is 1. The summed E-state index contributed by atoms with van der Waals surface area (Å²) in [5.74, 6) is -0.331. The summed E-state index contributed by atoms with van der Waals surface area (Å²) >= 11 is 0. The lowest BCUT2D eigenvalue weighted by Gasteiger charge is -2.29. The molecule has 4 rings (SSSR count). The van der Waals surface area contributed by atoms with Gasteiger partial charge in [0.25, 0.3) is 5.91 Å². The molecule has 4 nitrogen and oxygen atoms in total. The fraction of sp³-hybridized carbons (Fsp3) is 0.296. The van der Waals surface area contributed by atoms with Crippen molar-refractivity contribution < 1.29 is 14.3 Å². The van der Waals surface area contributed by atoms with Gasteiger partial charge >= 0.3 is 0 Å². The Balaban J connectivity index is 1.33. The number of nitrogens with zero attached hydrogens (tertiary/aromatic N) is 1. The van der Waals surface area contributed by atoms with E-state index in [4.69, 9.17) is 0 Å². The van der Waals surface area contributed by atoms with Crippen LogP contribution in [0.4, 0.5) is 4.39 Å². The number of unbranched alkanes of at least 4 members (excludes halogenated alkanes) is 1. The number of phenols is 1. The number of carbonyl (C=O) groups is 1. The maximum Gasteiger partial charge on any atom is 0.251 e. The van der Waals surface area contributed by atoms with Crippen LogP contribution >= 0.6 is 0 Å². The lowest BCUT2D eigenvalue weighted by molar-refractivity contribution is 0.0950. The predicted molar refractivity (Wildman–Crippen MR) is 124 cm³/mol. The van der Waals surface area contributed by atoms with E-state index in [-0.39, 0.29) is 5.91 Å². The Bertz CT molecular complexity index is 1070. The zero-order valence-electron chi connectivity index (χ0n) is 18.2. The van der Waals surface area contributed by atoms with Crippen LogP contribution in [0, 0.1) is 5.82 Å². The minimum atomic E-state index is -0.401. The highest BCUT2D eigenvalue weighted by Crippen LogP contribution is 2.25. The molecule has 0 radical (unpaired) electrons. The van der Waals surface area contributed by atoms with Crippen molar-refractivity contribution in [2.45, 2.75) is 38.8 Å². The number of fused-ring (bicyclic) bond motifs is 1. The molecule has 32 heavy (non-hydrogen) atoms. The van der Waals surface area contributed by atoms with Crippen molar-refractivity contribution in [3.05, 3.63) is 100 Å². The number of amides is 1. The summed E-state index contributed by atoms with van der Waals surface area (Å²) in [6.07, 6.45) is 3.69. The van der Waals surface area contributed by atoms with Gasteiger partial charge < -0.3 is 10.4 Å². The van der Waals surface area contributed by atoms with Gasteiger partial charge in [0, 0.05) is 31.7 Å². The number of phenolic OH excluding ortho intramolecular Hbond substituents is 1. The first-order valence-electron chi connectivity index (χ1n) is 11.2. The van der Waals surface area contributed by atoms with Gasteiger partial charge in [-0.25, -0.2) is 4.39 Å². The highest BCUT2D eigenvalue weighted by atomic mass is 19.1. The van der Waals surface area contributed by atoms with E-state index >= 15 is 0 Å². The molecular formula is C27H29FN2O2. The number of rotatable bonds is 8. The van der Waals surface area contributed by atoms with E-state index in [0.29, 0.717) is 24.4 Å². The molecule has 0 fully saturated rings. The Morgan fingerprint density at radius 3 is 2.69 bits per heavy atom. The molecule has 1 amide bonds. The first-order chi connectivity index (χ1) is 15.6. The lowest BCUT2D eigenvalue weighted by Crippen LogP contribution is -2.32. The number of benzene rings is 3. The van der Waals surface area contributed by atoms with Crippen LogP contribution in [0.5, 0.6) is 5.75 Å². The van der Waals surface area contributed by atoms with Crippen LogP contribution in [0.2, 0.25) is 0 Å². The van der Waals surface area contributed by atoms with Crippen molar-refractivity contribution in [1.82, 2.24) is 10.2 Å². The topological polar surface area (TPSA) is 52.6 Å². The number of aryl methyl sites for hydroxylation is 1. The first kappa shape index (κ1) is 22.0. The Morgan fingerprint density at radius 2 is 1.84 bits per heavy atom. The molecule has 1 aliphatic heterocycles. The Hall–Kier alpha value is -3.18. The summed E-state index contributed by atoms with van der Waals surface area (Å²) in [7, 11) is 0. The third-order valence-corrected chi connectivity index (χ3v) is 6.01. The Labute approximate surface area is 188 Å². The smallest absolute Gasteiger partial charge is 0.251 e. The maximum absolute atomic E-state index is 13.9. The summed E-state index contributed by atoms with van der Waals surface area (Å²) in [5, 5.41) is 12.6. The highest BCUT2D eigenvalue weighted by Gasteiger charge is 2.20. The molecule has 5 heteroatoms. The van der Waals surface area contributed by atoms with Crippen molar-refractivity contribution in [2.24, 2.45) is 0 Å². The fourth-order valence-electron chi connectivity index (χ4n) is 4.27. The van der Waals surface area contributed by atoms with Crippen LogP contribution in [0.25, 0.3) is 0 Å². The molecule has 0 saturated heterocycles. The van der Waals surface area contributed by atoms with Gasteiger partial charge in [-0.1, -0.05) is 42.5 Å². The normalized spacial score (nSPS) is 13.5. The fourth-order valence-corrected chi connectivity index (χ4v) is 4.27. The average molecular weight is 433 g/mol. The van der Waals surface area contributed by atoms with Gasteiger partial charge in [-0.05, 0) is 72.2 Å². The van der Waals surface area contributed by atoms with E-state index in [0.717, 1.165) is 49.9 Å². The van der Waals surface area contributed by atoms with E-state index in [9.17, 15) is 14.3 Å². The van der Waals surface area contributed by atoms with Crippen LogP contribution < -0.4 is 5.32 Å². The second kappa shape index (κ2) is 10.4. The van der Waals surface area contributed by atoms with Gasteiger partial charge in [-0.3, -0.25) is 9.69 Å². The summed E-state index contributed by atoms with van der Waals surface area (Å²) < 4.78 is 13.9. The molecule has 1 heterocycles. The van der Waals surface area contributed by atoms with Crippen LogP contribution in [0.15, 0.2) is 66.7 Å². The third-order valence-electron chi connectivity index (χ3n) is 6.01. The molecular weight excluding hydrogens is 403 g/mol.